The molecule has 1 heterocycles. The molecule has 2 aromatic rings. The molecule has 1 fully saturated rings. The van der Waals surface area contributed by atoms with Crippen molar-refractivity contribution in [3.8, 4) is 5.88 Å². The Morgan fingerprint density at radius 3 is 2.75 bits per heavy atom. The molecule has 176 valence electrons. The van der Waals surface area contributed by atoms with Crippen LogP contribution in [0.5, 0.6) is 5.88 Å². The number of aliphatic hydroxyl groups is 1. The van der Waals surface area contributed by atoms with Crippen molar-refractivity contribution in [2.45, 2.75) is 64.2 Å². The van der Waals surface area contributed by atoms with E-state index in [1.165, 1.54) is 17.5 Å². The second-order valence-corrected chi connectivity index (χ2v) is 10.2. The summed E-state index contributed by atoms with van der Waals surface area (Å²) in [5, 5.41) is 18.5. The molecule has 0 radical (unpaired) electrons. The molecule has 1 aromatic carbocycles. The quantitative estimate of drug-likeness (QED) is 0.569. The fraction of sp³-hybridized carbons (Fsp3) is 0.545. The number of ether oxygens (including phenoxy) is 1. The van der Waals surface area contributed by atoms with E-state index in [1.54, 1.807) is 6.07 Å². The van der Waals surface area contributed by atoms with Crippen molar-refractivity contribution in [2.24, 2.45) is 11.1 Å². The molecule has 0 amide bonds. The van der Waals surface area contributed by atoms with E-state index in [2.05, 4.69) is 51.5 Å². The Hall–Kier alpha value is -2.27. The number of rotatable bonds is 7. The first-order chi connectivity index (χ1) is 14.6. The Bertz CT molecular complexity index is 1050. The van der Waals surface area contributed by atoms with Gasteiger partial charge in [-0.1, -0.05) is 45.5 Å². The molecular formula is C22H32N4O5S. The summed E-state index contributed by atoms with van der Waals surface area (Å²) in [7, 11) is -4.04. The first-order valence-corrected chi connectivity index (χ1v) is 11.8. The van der Waals surface area contributed by atoms with Crippen LogP contribution in [-0.4, -0.2) is 42.3 Å². The molecule has 0 saturated heterocycles. The highest BCUT2D eigenvalue weighted by atomic mass is 32.2. The van der Waals surface area contributed by atoms with Crippen LogP contribution in [0.25, 0.3) is 0 Å². The monoisotopic (exact) mass is 464 g/mol. The number of aromatic nitrogens is 2. The average Bonchev–Trinajstić information content (AvgIpc) is 3.16. The topological polar surface area (TPSA) is 137 Å². The van der Waals surface area contributed by atoms with E-state index >= 15 is 0 Å². The van der Waals surface area contributed by atoms with E-state index in [0.717, 1.165) is 6.42 Å². The lowest BCUT2D eigenvalue weighted by atomic mass is 9.86. The molecular weight excluding hydrogens is 432 g/mol. The normalized spacial score (nSPS) is 26.2. The maximum Gasteiger partial charge on any atom is 0.333 e. The largest absolute Gasteiger partial charge is 0.474 e. The summed E-state index contributed by atoms with van der Waals surface area (Å²) >= 11 is 0. The molecule has 2 aliphatic carbocycles. The van der Waals surface area contributed by atoms with Gasteiger partial charge >= 0.3 is 10.3 Å². The van der Waals surface area contributed by atoms with E-state index in [0.29, 0.717) is 24.5 Å². The zero-order chi connectivity index (χ0) is 22.2. The van der Waals surface area contributed by atoms with Crippen LogP contribution in [0.3, 0.4) is 0 Å². The van der Waals surface area contributed by atoms with E-state index in [-0.39, 0.29) is 37.5 Å². The van der Waals surface area contributed by atoms with Gasteiger partial charge in [-0.25, -0.2) is 15.1 Å². The second-order valence-electron chi connectivity index (χ2n) is 8.93. The van der Waals surface area contributed by atoms with E-state index < -0.39 is 16.4 Å². The predicted octanol–water partition coefficient (Wildman–Crippen LogP) is 2.69. The SMILES string of the molecule is C.CC1(C)CC(Nc2cc(O[C@@H]3C[C@@H](COS(N)(=O)=O)[C@@H](O)C3)ncn2)c2ccccc21. The van der Waals surface area contributed by atoms with Crippen LogP contribution >= 0.6 is 0 Å². The third kappa shape index (κ3) is 5.55. The minimum Gasteiger partial charge on any atom is -0.474 e. The molecule has 4 rings (SSSR count). The fourth-order valence-electron chi connectivity index (χ4n) is 4.62. The van der Waals surface area contributed by atoms with Gasteiger partial charge in [0.15, 0.2) is 0 Å². The number of hydrogen-bond donors (Lipinski definition) is 3. The molecule has 1 unspecified atom stereocenters. The molecule has 1 aromatic heterocycles. The number of nitrogens with two attached hydrogens (primary N) is 1. The number of fused-ring (bicyclic) bond motifs is 1. The van der Waals surface area contributed by atoms with E-state index in [4.69, 9.17) is 9.88 Å². The number of benzene rings is 1. The first-order valence-electron chi connectivity index (χ1n) is 10.3. The van der Waals surface area contributed by atoms with Crippen molar-refractivity contribution in [3.63, 3.8) is 0 Å². The number of anilines is 1. The highest BCUT2D eigenvalue weighted by Gasteiger charge is 2.37. The zero-order valence-corrected chi connectivity index (χ0v) is 18.4. The lowest BCUT2D eigenvalue weighted by molar-refractivity contribution is 0.0986. The van der Waals surface area contributed by atoms with Crippen molar-refractivity contribution in [1.29, 1.82) is 0 Å². The maximum absolute atomic E-state index is 11.0. The molecule has 2 aliphatic rings. The summed E-state index contributed by atoms with van der Waals surface area (Å²) in [5.41, 5.74) is 2.69. The van der Waals surface area contributed by atoms with Crippen LogP contribution in [0, 0.1) is 5.92 Å². The Balaban J connectivity index is 0.00000289. The molecule has 9 nitrogen and oxygen atoms in total. The summed E-state index contributed by atoms with van der Waals surface area (Å²) in [4.78, 5) is 8.52. The Morgan fingerprint density at radius 1 is 1.25 bits per heavy atom. The highest BCUT2D eigenvalue weighted by molar-refractivity contribution is 7.84. The van der Waals surface area contributed by atoms with Crippen LogP contribution in [0.4, 0.5) is 5.82 Å². The van der Waals surface area contributed by atoms with E-state index in [1.807, 2.05) is 6.07 Å². The minimum atomic E-state index is -4.04. The lowest BCUT2D eigenvalue weighted by Gasteiger charge is -2.20. The third-order valence-corrected chi connectivity index (χ3v) is 6.56. The number of hydrogen-bond acceptors (Lipinski definition) is 8. The molecule has 1 saturated carbocycles. The van der Waals surface area contributed by atoms with Crippen LogP contribution in [0.15, 0.2) is 36.7 Å². The molecule has 4 atom stereocenters. The number of nitrogens with one attached hydrogen (secondary N) is 1. The molecule has 0 aliphatic heterocycles. The summed E-state index contributed by atoms with van der Waals surface area (Å²) in [5.74, 6) is 0.684. The zero-order valence-electron chi connectivity index (χ0n) is 17.6. The van der Waals surface area contributed by atoms with Crippen LogP contribution in [0.2, 0.25) is 0 Å². The Morgan fingerprint density at radius 2 is 2.00 bits per heavy atom. The van der Waals surface area contributed by atoms with Gasteiger partial charge in [0, 0.05) is 18.4 Å². The van der Waals surface area contributed by atoms with Crippen molar-refractivity contribution in [1.82, 2.24) is 9.97 Å². The standard InChI is InChI=1S/C21H28N4O5S.CH4/c1-21(2)10-17(15-5-3-4-6-16(15)21)25-19-9-20(24-12-23-19)30-14-7-13(18(26)8-14)11-29-31(22,27)28;/h3-6,9,12-14,17-18,26H,7-8,10-11H2,1-2H3,(H2,22,27,28)(H,23,24,25);1H4/t13-,14+,17?,18-;/m0./s1. The van der Waals surface area contributed by atoms with Crippen LogP contribution < -0.4 is 15.2 Å². The summed E-state index contributed by atoms with van der Waals surface area (Å²) in [6.07, 6.45) is 2.15. The minimum absolute atomic E-state index is 0. The van der Waals surface area contributed by atoms with Gasteiger partial charge < -0.3 is 15.2 Å². The summed E-state index contributed by atoms with van der Waals surface area (Å²) in [6.45, 7) is 4.31. The van der Waals surface area contributed by atoms with Crippen molar-refractivity contribution < 1.29 is 22.4 Å². The second kappa shape index (κ2) is 9.30. The van der Waals surface area contributed by atoms with Gasteiger partial charge in [-0.15, -0.1) is 0 Å². The average molecular weight is 465 g/mol. The smallest absolute Gasteiger partial charge is 0.333 e. The Kier molecular flexibility index (Phi) is 7.09. The van der Waals surface area contributed by atoms with Gasteiger partial charge in [0.05, 0.1) is 18.8 Å². The lowest BCUT2D eigenvalue weighted by Crippen LogP contribution is -2.24. The third-order valence-electron chi connectivity index (χ3n) is 6.09. The van der Waals surface area contributed by atoms with Crippen LogP contribution in [-0.2, 0) is 19.9 Å². The van der Waals surface area contributed by atoms with Gasteiger partial charge in [0.1, 0.15) is 18.2 Å². The van der Waals surface area contributed by atoms with Gasteiger partial charge in [-0.2, -0.15) is 8.42 Å². The predicted molar refractivity (Wildman–Crippen MR) is 121 cm³/mol. The number of aliphatic hydroxyl groups excluding tert-OH is 1. The van der Waals surface area contributed by atoms with Gasteiger partial charge in [-0.3, -0.25) is 4.18 Å². The molecule has 10 heteroatoms. The van der Waals surface area contributed by atoms with E-state index in [9.17, 15) is 13.5 Å². The maximum atomic E-state index is 11.0. The first kappa shape index (κ1) is 24.4. The van der Waals surface area contributed by atoms with Crippen molar-refractivity contribution in [2.75, 3.05) is 11.9 Å². The summed E-state index contributed by atoms with van der Waals surface area (Å²) in [6, 6.07) is 10.3. The van der Waals surface area contributed by atoms with Gasteiger partial charge in [-0.05, 0) is 29.4 Å². The number of nitrogens with zero attached hydrogens (tertiary/aromatic N) is 2. The molecule has 0 bridgehead atoms. The van der Waals surface area contributed by atoms with Crippen LogP contribution in [0.1, 0.15) is 57.7 Å². The van der Waals surface area contributed by atoms with Gasteiger partial charge in [0.25, 0.3) is 0 Å². The Labute approximate surface area is 189 Å². The molecule has 32 heavy (non-hydrogen) atoms. The summed E-state index contributed by atoms with van der Waals surface area (Å²) < 4.78 is 32.5. The molecule has 0 spiro atoms. The highest BCUT2D eigenvalue weighted by Crippen LogP contribution is 2.45. The van der Waals surface area contributed by atoms with Crippen molar-refractivity contribution >= 4 is 16.1 Å². The van der Waals surface area contributed by atoms with Crippen molar-refractivity contribution in [3.05, 3.63) is 47.8 Å². The molecule has 4 N–H and O–H groups in total. The fourth-order valence-corrected chi connectivity index (χ4v) is 4.98. The van der Waals surface area contributed by atoms with Gasteiger partial charge in [0.2, 0.25) is 5.88 Å².